The molecule has 0 saturated heterocycles. The van der Waals surface area contributed by atoms with Crippen LogP contribution in [0.5, 0.6) is 0 Å². The van der Waals surface area contributed by atoms with E-state index in [-0.39, 0.29) is 0 Å². The molecule has 0 fully saturated rings. The van der Waals surface area contributed by atoms with Crippen molar-refractivity contribution in [1.29, 1.82) is 0 Å². The summed E-state index contributed by atoms with van der Waals surface area (Å²) >= 11 is 0. The molecule has 2 aromatic rings. The highest BCUT2D eigenvalue weighted by Gasteiger charge is 2.24. The molecule has 6 nitrogen and oxygen atoms in total. The van der Waals surface area contributed by atoms with Crippen LogP contribution in [0, 0.1) is 13.8 Å². The van der Waals surface area contributed by atoms with Crippen molar-refractivity contribution in [2.24, 2.45) is 0 Å². The molecule has 3 rings (SSSR count). The Kier molecular flexibility index (Phi) is 13.2. The highest BCUT2D eigenvalue weighted by molar-refractivity contribution is 7.89. The molecule has 0 saturated carbocycles. The fraction of sp³-hybridized carbons (Fsp3) is 0.400. The topological polar surface area (TPSA) is 74.8 Å². The van der Waals surface area contributed by atoms with Gasteiger partial charge in [-0.3, -0.25) is 0 Å². The van der Waals surface area contributed by atoms with Crippen molar-refractivity contribution in [3.05, 3.63) is 97.1 Å². The summed E-state index contributed by atoms with van der Waals surface area (Å²) in [7, 11) is -6.77. The Morgan fingerprint density at radius 2 is 1.42 bits per heavy atom. The van der Waals surface area contributed by atoms with Gasteiger partial charge in [0.05, 0.1) is 9.79 Å². The van der Waals surface area contributed by atoms with Crippen LogP contribution in [0.2, 0.25) is 0 Å². The zero-order chi connectivity index (χ0) is 28.0. The smallest absolute Gasteiger partial charge is 0.207 e. The number of aryl methyl sites for hydroxylation is 2. The van der Waals surface area contributed by atoms with E-state index in [0.717, 1.165) is 49.7 Å². The second-order valence-electron chi connectivity index (χ2n) is 9.39. The van der Waals surface area contributed by atoms with E-state index >= 15 is 0 Å². The molecule has 0 bridgehead atoms. The summed E-state index contributed by atoms with van der Waals surface area (Å²) in [6.07, 6.45) is 13.2. The third-order valence-corrected chi connectivity index (χ3v) is 9.98. The molecular weight excluding hydrogens is 516 g/mol. The molecule has 1 aliphatic heterocycles. The van der Waals surface area contributed by atoms with Gasteiger partial charge in [0.2, 0.25) is 20.0 Å². The molecule has 2 aromatic carbocycles. The van der Waals surface area contributed by atoms with Crippen molar-refractivity contribution in [2.75, 3.05) is 26.2 Å². The first kappa shape index (κ1) is 31.7. The van der Waals surface area contributed by atoms with Crippen molar-refractivity contribution >= 4 is 20.0 Å². The Labute approximate surface area is 230 Å². The molecule has 1 aliphatic rings. The SMILES string of the molecule is C=CCCCCN(CC=C)S(=O)(=O)c1ccc(C)cc1.Cc1ccc(S(=O)(=O)N2C/C=C\CCCC2)cc1. The molecule has 0 N–H and O–H groups in total. The molecule has 208 valence electrons. The quantitative estimate of drug-likeness (QED) is 0.241. The first-order valence-electron chi connectivity index (χ1n) is 13.1. The van der Waals surface area contributed by atoms with E-state index in [0.29, 0.717) is 36.0 Å². The lowest BCUT2D eigenvalue weighted by Crippen LogP contribution is -2.32. The zero-order valence-corrected chi connectivity index (χ0v) is 24.4. The molecule has 0 aliphatic carbocycles. The summed E-state index contributed by atoms with van der Waals surface area (Å²) < 4.78 is 53.1. The number of benzene rings is 2. The van der Waals surface area contributed by atoms with Crippen LogP contribution < -0.4 is 0 Å². The molecule has 8 heteroatoms. The van der Waals surface area contributed by atoms with Crippen LogP contribution in [-0.4, -0.2) is 51.6 Å². The van der Waals surface area contributed by atoms with E-state index < -0.39 is 20.0 Å². The Morgan fingerprint density at radius 1 is 0.816 bits per heavy atom. The lowest BCUT2D eigenvalue weighted by Gasteiger charge is -2.22. The predicted molar refractivity (Wildman–Crippen MR) is 157 cm³/mol. The number of nitrogens with zero attached hydrogens (tertiary/aromatic N) is 2. The highest BCUT2D eigenvalue weighted by atomic mass is 32.2. The maximum absolute atomic E-state index is 12.6. The van der Waals surface area contributed by atoms with E-state index in [1.54, 1.807) is 34.6 Å². The Hall–Kier alpha value is -2.52. The summed E-state index contributed by atoms with van der Waals surface area (Å²) in [5, 5.41) is 0. The fourth-order valence-electron chi connectivity index (χ4n) is 3.92. The fourth-order valence-corrected chi connectivity index (χ4v) is 6.80. The lowest BCUT2D eigenvalue weighted by molar-refractivity contribution is 0.424. The van der Waals surface area contributed by atoms with Gasteiger partial charge in [-0.05, 0) is 76.6 Å². The number of unbranched alkanes of at least 4 members (excludes halogenated alkanes) is 2. The van der Waals surface area contributed by atoms with Gasteiger partial charge in [0.25, 0.3) is 0 Å². The Bertz CT molecular complexity index is 1250. The average molecular weight is 559 g/mol. The van der Waals surface area contributed by atoms with E-state index in [1.807, 2.05) is 50.3 Å². The first-order chi connectivity index (χ1) is 18.1. The number of hydrogen-bond donors (Lipinski definition) is 0. The van der Waals surface area contributed by atoms with Crippen LogP contribution in [0.4, 0.5) is 0 Å². The van der Waals surface area contributed by atoms with Crippen molar-refractivity contribution in [1.82, 2.24) is 8.61 Å². The van der Waals surface area contributed by atoms with Gasteiger partial charge in [-0.25, -0.2) is 16.8 Å². The molecule has 0 amide bonds. The number of hydrogen-bond acceptors (Lipinski definition) is 4. The Morgan fingerprint density at radius 3 is 2.00 bits per heavy atom. The van der Waals surface area contributed by atoms with E-state index in [4.69, 9.17) is 0 Å². The number of sulfonamides is 2. The average Bonchev–Trinajstić information content (AvgIpc) is 2.86. The third kappa shape index (κ3) is 9.66. The largest absolute Gasteiger partial charge is 0.243 e. The molecule has 1 heterocycles. The molecule has 0 atom stereocenters. The minimum atomic E-state index is -3.43. The monoisotopic (exact) mass is 558 g/mol. The van der Waals surface area contributed by atoms with Crippen LogP contribution >= 0.6 is 0 Å². The van der Waals surface area contributed by atoms with E-state index in [2.05, 4.69) is 19.2 Å². The summed E-state index contributed by atoms with van der Waals surface area (Å²) in [5.41, 5.74) is 2.12. The maximum atomic E-state index is 12.6. The van der Waals surface area contributed by atoms with Crippen molar-refractivity contribution in [3.63, 3.8) is 0 Å². The zero-order valence-electron chi connectivity index (χ0n) is 22.8. The Balaban J connectivity index is 0.000000268. The van der Waals surface area contributed by atoms with E-state index in [1.165, 1.54) is 4.31 Å². The molecule has 0 spiro atoms. The van der Waals surface area contributed by atoms with E-state index in [9.17, 15) is 16.8 Å². The summed E-state index contributed by atoms with van der Waals surface area (Å²) in [5.74, 6) is 0. The summed E-state index contributed by atoms with van der Waals surface area (Å²) in [6.45, 7) is 13.1. The maximum Gasteiger partial charge on any atom is 0.243 e. The summed E-state index contributed by atoms with van der Waals surface area (Å²) in [4.78, 5) is 0.732. The summed E-state index contributed by atoms with van der Waals surface area (Å²) in [6, 6.07) is 14.0. The van der Waals surface area contributed by atoms with Crippen molar-refractivity contribution < 1.29 is 16.8 Å². The van der Waals surface area contributed by atoms with Gasteiger partial charge < -0.3 is 0 Å². The molecule has 0 unspecified atom stereocenters. The van der Waals surface area contributed by atoms with Gasteiger partial charge in [0, 0.05) is 26.2 Å². The van der Waals surface area contributed by atoms with Crippen LogP contribution in [0.1, 0.15) is 49.7 Å². The lowest BCUT2D eigenvalue weighted by atomic mass is 10.2. The first-order valence-corrected chi connectivity index (χ1v) is 16.0. The minimum Gasteiger partial charge on any atom is -0.207 e. The third-order valence-electron chi connectivity index (χ3n) is 6.22. The van der Waals surface area contributed by atoms with Crippen LogP contribution in [-0.2, 0) is 20.0 Å². The van der Waals surface area contributed by atoms with Crippen molar-refractivity contribution in [3.8, 4) is 0 Å². The molecule has 38 heavy (non-hydrogen) atoms. The standard InChI is InChI=1S/C16H23NO2S.C14H19NO2S/c1-4-6-7-8-14-17(13-5-2)20(18,19)16-11-9-15(3)10-12-16;1-13-7-9-14(10-8-13)18(16,17)15-11-5-3-2-4-6-12-15/h4-5,9-12H,1-2,6-8,13-14H2,3H3;3,5,7-10H,2,4,6,11-12H2,1H3/b;5-3-. The van der Waals surface area contributed by atoms with Gasteiger partial charge in [-0.15, -0.1) is 13.2 Å². The molecular formula is C30H42N2O4S2. The van der Waals surface area contributed by atoms with Crippen LogP contribution in [0.25, 0.3) is 0 Å². The second-order valence-corrected chi connectivity index (χ2v) is 13.3. The normalized spacial score (nSPS) is 15.6. The van der Waals surface area contributed by atoms with Crippen molar-refractivity contribution in [2.45, 2.75) is 62.2 Å². The number of allylic oxidation sites excluding steroid dienone is 2. The van der Waals surface area contributed by atoms with Gasteiger partial charge in [-0.1, -0.05) is 59.7 Å². The highest BCUT2D eigenvalue weighted by Crippen LogP contribution is 2.19. The van der Waals surface area contributed by atoms with Crippen LogP contribution in [0.3, 0.4) is 0 Å². The molecule has 0 aromatic heterocycles. The minimum absolute atomic E-state index is 0.338. The second kappa shape index (κ2) is 15.8. The number of rotatable bonds is 11. The van der Waals surface area contributed by atoms with Crippen LogP contribution in [0.15, 0.2) is 95.8 Å². The molecule has 0 radical (unpaired) electrons. The van der Waals surface area contributed by atoms with Gasteiger partial charge in [0.1, 0.15) is 0 Å². The van der Waals surface area contributed by atoms with Gasteiger partial charge in [-0.2, -0.15) is 8.61 Å². The predicted octanol–water partition coefficient (Wildman–Crippen LogP) is 6.25. The van der Waals surface area contributed by atoms with Gasteiger partial charge >= 0.3 is 0 Å². The van der Waals surface area contributed by atoms with Gasteiger partial charge in [0.15, 0.2) is 0 Å².